The Balaban J connectivity index is 1.82. The number of nitro groups is 1. The molecule has 4 rings (SSSR count). The lowest BCUT2D eigenvalue weighted by molar-refractivity contribution is -0.384. The van der Waals surface area contributed by atoms with Crippen LogP contribution >= 0.6 is 0 Å². The Kier molecular flexibility index (Phi) is 7.43. The summed E-state index contributed by atoms with van der Waals surface area (Å²) in [4.78, 5) is 41.5. The Morgan fingerprint density at radius 1 is 1.26 bits per heavy atom. The van der Waals surface area contributed by atoms with Crippen LogP contribution in [0.3, 0.4) is 0 Å². The van der Waals surface area contributed by atoms with Crippen LogP contribution in [0.1, 0.15) is 37.8 Å². The van der Waals surface area contributed by atoms with Gasteiger partial charge in [-0.3, -0.25) is 14.9 Å². The third kappa shape index (κ3) is 5.19. The number of imidazole rings is 1. The lowest BCUT2D eigenvalue weighted by Crippen LogP contribution is -2.56. The van der Waals surface area contributed by atoms with E-state index in [-0.39, 0.29) is 11.3 Å². The molecule has 0 saturated carbocycles. The predicted molar refractivity (Wildman–Crippen MR) is 139 cm³/mol. The monoisotopic (exact) mass is 516 g/mol. The van der Waals surface area contributed by atoms with Crippen LogP contribution in [-0.4, -0.2) is 37.1 Å². The van der Waals surface area contributed by atoms with Crippen LogP contribution in [-0.2, 0) is 16.1 Å². The van der Waals surface area contributed by atoms with Crippen molar-refractivity contribution in [3.8, 4) is 5.75 Å². The summed E-state index contributed by atoms with van der Waals surface area (Å²) in [6, 6.07) is 12.8. The van der Waals surface area contributed by atoms with E-state index in [1.165, 1.54) is 18.2 Å². The van der Waals surface area contributed by atoms with E-state index in [1.807, 2.05) is 16.7 Å². The summed E-state index contributed by atoms with van der Waals surface area (Å²) in [5, 5.41) is 25.1. The Bertz CT molecular complexity index is 1430. The zero-order valence-electron chi connectivity index (χ0n) is 21.2. The maximum Gasteiger partial charge on any atom is 0.341 e. The molecule has 10 heteroatoms. The minimum absolute atomic E-state index is 0.0947. The molecule has 10 nitrogen and oxygen atoms in total. The second-order valence-corrected chi connectivity index (χ2v) is 9.32. The Morgan fingerprint density at radius 2 is 2.03 bits per heavy atom. The second kappa shape index (κ2) is 10.7. The van der Waals surface area contributed by atoms with E-state index in [9.17, 15) is 24.8 Å². The number of non-ortho nitro benzene ring substituents is 1. The first-order chi connectivity index (χ1) is 18.1. The minimum Gasteiger partial charge on any atom is -0.481 e. The number of nitrogens with zero attached hydrogens (tertiary/aromatic N) is 3. The first-order valence-electron chi connectivity index (χ1n) is 12.0. The van der Waals surface area contributed by atoms with Crippen molar-refractivity contribution >= 4 is 17.6 Å². The highest BCUT2D eigenvalue weighted by Crippen LogP contribution is 2.45. The van der Waals surface area contributed by atoms with E-state index in [4.69, 9.17) is 4.74 Å². The Labute approximate surface area is 219 Å². The van der Waals surface area contributed by atoms with Crippen molar-refractivity contribution < 1.29 is 24.4 Å². The number of esters is 1. The van der Waals surface area contributed by atoms with E-state index in [0.29, 0.717) is 23.6 Å². The van der Waals surface area contributed by atoms with Crippen molar-refractivity contribution in [3.05, 3.63) is 112 Å². The number of carbonyl (C=O) groups is 2. The molecular weight excluding hydrogens is 488 g/mol. The third-order valence-electron chi connectivity index (χ3n) is 6.68. The Morgan fingerprint density at radius 3 is 2.68 bits per heavy atom. The Hall–Kier alpha value is -4.73. The number of nitrogens with one attached hydrogen (secondary N) is 1. The van der Waals surface area contributed by atoms with Gasteiger partial charge in [-0.2, -0.15) is 0 Å². The van der Waals surface area contributed by atoms with Gasteiger partial charge in [-0.05, 0) is 32.4 Å². The van der Waals surface area contributed by atoms with Gasteiger partial charge in [0.1, 0.15) is 5.75 Å². The molecular formula is C28H28N4O6. The summed E-state index contributed by atoms with van der Waals surface area (Å²) in [6.07, 6.45) is 8.54. The van der Waals surface area contributed by atoms with Crippen LogP contribution in [0, 0.1) is 16.0 Å². The predicted octanol–water partition coefficient (Wildman–Crippen LogP) is 4.44. The number of allylic oxidation sites excluding steroid dienone is 2. The number of aliphatic carboxylic acids is 1. The zero-order chi connectivity index (χ0) is 27.4. The summed E-state index contributed by atoms with van der Waals surface area (Å²) < 4.78 is 7.70. The van der Waals surface area contributed by atoms with Crippen LogP contribution in [0.25, 0.3) is 0 Å². The first kappa shape index (κ1) is 26.3. The lowest BCUT2D eigenvalue weighted by atomic mass is 9.67. The number of carboxylic acid groups (broad SMARTS) is 1. The highest BCUT2D eigenvalue weighted by atomic mass is 16.6. The molecule has 0 saturated heterocycles. The molecule has 2 aromatic carbocycles. The largest absolute Gasteiger partial charge is 0.481 e. The molecule has 1 aliphatic rings. The molecule has 0 radical (unpaired) electrons. The quantitative estimate of drug-likeness (QED) is 0.147. The maximum atomic E-state index is 13.8. The molecule has 3 atom stereocenters. The molecule has 1 aromatic heterocycles. The van der Waals surface area contributed by atoms with Crippen molar-refractivity contribution in [2.24, 2.45) is 5.92 Å². The number of ether oxygens (including phenoxy) is 1. The van der Waals surface area contributed by atoms with Gasteiger partial charge in [-0.25, -0.2) is 9.78 Å². The SMILES string of the molecule is CC=CC1(C)NC(C)=C(C(=O)Oc2ccccc2Cn2ccnc2)C(c2cccc([N+](=O)[O-])c2)C1C(=O)O. The van der Waals surface area contributed by atoms with Crippen molar-refractivity contribution in [1.29, 1.82) is 0 Å². The summed E-state index contributed by atoms with van der Waals surface area (Å²) in [6.45, 7) is 5.58. The smallest absolute Gasteiger partial charge is 0.341 e. The topological polar surface area (TPSA) is 137 Å². The summed E-state index contributed by atoms with van der Waals surface area (Å²) in [7, 11) is 0. The number of aromatic nitrogens is 2. The molecule has 3 aromatic rings. The van der Waals surface area contributed by atoms with Crippen molar-refractivity contribution in [1.82, 2.24) is 14.9 Å². The molecule has 0 amide bonds. The molecule has 1 aliphatic heterocycles. The van der Waals surface area contributed by atoms with E-state index in [1.54, 1.807) is 69.8 Å². The molecule has 0 spiro atoms. The van der Waals surface area contributed by atoms with Gasteiger partial charge < -0.3 is 19.7 Å². The number of carboxylic acids is 1. The summed E-state index contributed by atoms with van der Waals surface area (Å²) in [5.41, 5.74) is 0.300. The molecule has 196 valence electrons. The summed E-state index contributed by atoms with van der Waals surface area (Å²) in [5.74, 6) is -3.78. The number of hydrogen-bond donors (Lipinski definition) is 2. The van der Waals surface area contributed by atoms with Gasteiger partial charge in [0.05, 0.1) is 34.8 Å². The first-order valence-corrected chi connectivity index (χ1v) is 12.0. The number of para-hydroxylation sites is 1. The van der Waals surface area contributed by atoms with Gasteiger partial charge in [0, 0.05) is 41.7 Å². The molecule has 0 bridgehead atoms. The van der Waals surface area contributed by atoms with Crippen LogP contribution in [0.5, 0.6) is 5.75 Å². The average molecular weight is 517 g/mol. The molecule has 2 N–H and O–H groups in total. The number of rotatable bonds is 8. The van der Waals surface area contributed by atoms with Crippen molar-refractivity contribution in [2.45, 2.75) is 38.8 Å². The fourth-order valence-corrected chi connectivity index (χ4v) is 5.12. The zero-order valence-corrected chi connectivity index (χ0v) is 21.2. The van der Waals surface area contributed by atoms with Crippen LogP contribution in [0.15, 0.2) is 90.7 Å². The highest BCUT2D eigenvalue weighted by molar-refractivity contribution is 5.95. The summed E-state index contributed by atoms with van der Waals surface area (Å²) >= 11 is 0. The fourth-order valence-electron chi connectivity index (χ4n) is 5.12. The number of carbonyl (C=O) groups excluding carboxylic acids is 1. The van der Waals surface area contributed by atoms with Gasteiger partial charge in [0.2, 0.25) is 0 Å². The number of nitro benzene ring substituents is 1. The van der Waals surface area contributed by atoms with Crippen molar-refractivity contribution in [2.75, 3.05) is 0 Å². The van der Waals surface area contributed by atoms with Gasteiger partial charge in [0.15, 0.2) is 0 Å². The van der Waals surface area contributed by atoms with Gasteiger partial charge >= 0.3 is 11.9 Å². The molecule has 0 fully saturated rings. The molecule has 3 unspecified atom stereocenters. The highest BCUT2D eigenvalue weighted by Gasteiger charge is 2.51. The van der Waals surface area contributed by atoms with Crippen LogP contribution in [0.2, 0.25) is 0 Å². The fraction of sp³-hybridized carbons (Fsp3) is 0.250. The van der Waals surface area contributed by atoms with Gasteiger partial charge in [-0.15, -0.1) is 0 Å². The van der Waals surface area contributed by atoms with E-state index < -0.39 is 34.2 Å². The van der Waals surface area contributed by atoms with Crippen molar-refractivity contribution in [3.63, 3.8) is 0 Å². The average Bonchev–Trinajstić information content (AvgIpc) is 3.37. The lowest BCUT2D eigenvalue weighted by Gasteiger charge is -2.44. The van der Waals surface area contributed by atoms with Crippen LogP contribution in [0.4, 0.5) is 5.69 Å². The minimum atomic E-state index is -1.17. The van der Waals surface area contributed by atoms with Gasteiger partial charge in [-0.1, -0.05) is 42.5 Å². The van der Waals surface area contributed by atoms with E-state index >= 15 is 0 Å². The molecule has 38 heavy (non-hydrogen) atoms. The molecule has 2 heterocycles. The number of benzene rings is 2. The number of hydrogen-bond acceptors (Lipinski definition) is 7. The van der Waals surface area contributed by atoms with Crippen LogP contribution < -0.4 is 10.1 Å². The maximum absolute atomic E-state index is 13.8. The normalized spacial score (nSPS) is 21.2. The molecule has 0 aliphatic carbocycles. The third-order valence-corrected chi connectivity index (χ3v) is 6.68. The van der Waals surface area contributed by atoms with Gasteiger partial charge in [0.25, 0.3) is 5.69 Å². The second-order valence-electron chi connectivity index (χ2n) is 9.32. The van der Waals surface area contributed by atoms with E-state index in [0.717, 1.165) is 5.56 Å². The standard InChI is InChI=1S/C28H28N4O6/c1-4-12-28(3)25(26(33)34)24(19-9-7-10-21(15-19)32(36)37)23(18(2)30-28)27(35)38-22-11-6-5-8-20(22)16-31-14-13-29-17-31/h4-15,17,24-25,30H,16H2,1-3H3,(H,33,34). The van der Waals surface area contributed by atoms with E-state index in [2.05, 4.69) is 10.3 Å².